The van der Waals surface area contributed by atoms with Gasteiger partial charge in [-0.05, 0) is 64.5 Å². The van der Waals surface area contributed by atoms with Crippen LogP contribution < -0.4 is 4.74 Å². The Morgan fingerprint density at radius 3 is 2.55 bits per heavy atom. The van der Waals surface area contributed by atoms with E-state index in [2.05, 4.69) is 36.0 Å². The molecule has 0 fully saturated rings. The molecule has 1 heterocycles. The van der Waals surface area contributed by atoms with Crippen molar-refractivity contribution in [2.45, 2.75) is 102 Å². The van der Waals surface area contributed by atoms with Crippen molar-refractivity contribution in [3.63, 3.8) is 0 Å². The van der Waals surface area contributed by atoms with Crippen molar-refractivity contribution >= 4 is 0 Å². The first-order valence-corrected chi connectivity index (χ1v) is 11.7. The lowest BCUT2D eigenvalue weighted by atomic mass is 9.63. The maximum atomic E-state index is 11.5. The number of rotatable bonds is 11. The topological polar surface area (TPSA) is 81.8 Å². The van der Waals surface area contributed by atoms with Gasteiger partial charge in [0.05, 0.1) is 6.61 Å². The second kappa shape index (κ2) is 10.0. The molecule has 0 radical (unpaired) electrons. The van der Waals surface area contributed by atoms with E-state index >= 15 is 0 Å². The number of ether oxygens (including phenoxy) is 1. The second-order valence-corrected chi connectivity index (χ2v) is 9.70. The SMILES string of the molecule is CC1=CC[C@@]2(O)[C@H](C1)c1ccc(CCCCCCCCCO[N+](=O)[O-])cc1OC2(C)C. The smallest absolute Gasteiger partial charge is 0.294 e. The third kappa shape index (κ3) is 5.59. The van der Waals surface area contributed by atoms with Gasteiger partial charge < -0.3 is 14.7 Å². The lowest BCUT2D eigenvalue weighted by Gasteiger charge is -2.53. The maximum Gasteiger partial charge on any atom is 0.294 e. The highest BCUT2D eigenvalue weighted by atomic mass is 16.9. The molecule has 31 heavy (non-hydrogen) atoms. The molecule has 6 nitrogen and oxygen atoms in total. The maximum absolute atomic E-state index is 11.5. The molecule has 1 aromatic rings. The predicted octanol–water partition coefficient (Wildman–Crippen LogP) is 5.89. The lowest BCUT2D eigenvalue weighted by Crippen LogP contribution is -2.60. The number of fused-ring (bicyclic) bond motifs is 3. The molecule has 2 aliphatic rings. The molecule has 3 rings (SSSR count). The summed E-state index contributed by atoms with van der Waals surface area (Å²) in [5, 5.41) is 20.8. The zero-order valence-corrected chi connectivity index (χ0v) is 19.2. The number of allylic oxidation sites excluding steroid dienone is 1. The molecule has 2 atom stereocenters. The van der Waals surface area contributed by atoms with Crippen LogP contribution in [0.5, 0.6) is 5.75 Å². The van der Waals surface area contributed by atoms with Gasteiger partial charge in [-0.1, -0.05) is 55.9 Å². The summed E-state index contributed by atoms with van der Waals surface area (Å²) in [6.45, 7) is 6.37. The fourth-order valence-electron chi connectivity index (χ4n) is 5.01. The van der Waals surface area contributed by atoms with E-state index in [-0.39, 0.29) is 12.5 Å². The first kappa shape index (κ1) is 23.6. The number of unbranched alkanes of at least 4 members (excludes halogenated alkanes) is 6. The van der Waals surface area contributed by atoms with Gasteiger partial charge in [-0.2, -0.15) is 0 Å². The molecule has 172 valence electrons. The summed E-state index contributed by atoms with van der Waals surface area (Å²) < 4.78 is 6.34. The molecule has 0 spiro atoms. The lowest BCUT2D eigenvalue weighted by molar-refractivity contribution is -0.757. The van der Waals surface area contributed by atoms with Gasteiger partial charge in [-0.15, -0.1) is 10.1 Å². The number of hydrogen-bond donors (Lipinski definition) is 1. The zero-order valence-electron chi connectivity index (χ0n) is 19.2. The molecule has 0 unspecified atom stereocenters. The fraction of sp³-hybridized carbons (Fsp3) is 0.680. The Morgan fingerprint density at radius 1 is 1.16 bits per heavy atom. The summed E-state index contributed by atoms with van der Waals surface area (Å²) in [7, 11) is 0. The highest BCUT2D eigenvalue weighted by Gasteiger charge is 2.55. The van der Waals surface area contributed by atoms with Gasteiger partial charge in [0, 0.05) is 11.5 Å². The van der Waals surface area contributed by atoms with E-state index in [0.717, 1.165) is 56.3 Å². The van der Waals surface area contributed by atoms with Crippen LogP contribution in [0.1, 0.15) is 95.6 Å². The van der Waals surface area contributed by atoms with Crippen molar-refractivity contribution in [3.8, 4) is 5.75 Å². The Kier molecular flexibility index (Phi) is 7.63. The van der Waals surface area contributed by atoms with E-state index < -0.39 is 16.3 Å². The summed E-state index contributed by atoms with van der Waals surface area (Å²) in [4.78, 5) is 14.4. The van der Waals surface area contributed by atoms with Crippen LogP contribution in [-0.2, 0) is 11.3 Å². The minimum absolute atomic E-state index is 0.0843. The van der Waals surface area contributed by atoms with Crippen LogP contribution in [0.2, 0.25) is 0 Å². The van der Waals surface area contributed by atoms with Gasteiger partial charge in [0.25, 0.3) is 5.09 Å². The first-order chi connectivity index (χ1) is 14.7. The van der Waals surface area contributed by atoms with Gasteiger partial charge in [-0.3, -0.25) is 0 Å². The van der Waals surface area contributed by atoms with Crippen LogP contribution in [0.4, 0.5) is 0 Å². The minimum Gasteiger partial charge on any atom is -0.485 e. The molecule has 1 aliphatic heterocycles. The first-order valence-electron chi connectivity index (χ1n) is 11.7. The molecule has 0 saturated carbocycles. The highest BCUT2D eigenvalue weighted by molar-refractivity contribution is 5.47. The number of nitrogens with zero attached hydrogens (tertiary/aromatic N) is 1. The number of aliphatic hydroxyl groups is 1. The molecule has 0 saturated heterocycles. The number of hydrogen-bond acceptors (Lipinski definition) is 5. The average molecular weight is 432 g/mol. The van der Waals surface area contributed by atoms with Gasteiger partial charge >= 0.3 is 0 Å². The van der Waals surface area contributed by atoms with E-state index in [1.54, 1.807) is 0 Å². The summed E-state index contributed by atoms with van der Waals surface area (Å²) >= 11 is 0. The van der Waals surface area contributed by atoms with Crippen molar-refractivity contribution in [2.75, 3.05) is 6.61 Å². The van der Waals surface area contributed by atoms with Gasteiger partial charge in [0.1, 0.15) is 17.0 Å². The van der Waals surface area contributed by atoms with Gasteiger partial charge in [0.15, 0.2) is 0 Å². The summed E-state index contributed by atoms with van der Waals surface area (Å²) in [5.74, 6) is 1.02. The Labute approximate surface area is 185 Å². The standard InChI is InChI=1S/C25H37NO5/c1-19-14-15-25(27)22(17-19)21-13-12-20(18-23(21)31-24(25,2)3)11-9-7-5-4-6-8-10-16-30-26(28)29/h12-14,18,22,27H,4-11,15-17H2,1-3H3/t22-,25-/m1/s1. The zero-order chi connectivity index (χ0) is 22.5. The van der Waals surface area contributed by atoms with Crippen LogP contribution in [0, 0.1) is 10.1 Å². The molecule has 6 heteroatoms. The normalized spacial score (nSPS) is 23.9. The van der Waals surface area contributed by atoms with E-state index in [1.807, 2.05) is 13.8 Å². The molecule has 0 amide bonds. The minimum atomic E-state index is -0.865. The van der Waals surface area contributed by atoms with Crippen LogP contribution in [0.25, 0.3) is 0 Å². The summed E-state index contributed by atoms with van der Waals surface area (Å²) in [5.41, 5.74) is 2.29. The van der Waals surface area contributed by atoms with Crippen molar-refractivity contribution in [3.05, 3.63) is 51.1 Å². The summed E-state index contributed by atoms with van der Waals surface area (Å²) in [6.07, 6.45) is 12.2. The third-order valence-electron chi connectivity index (χ3n) is 7.03. The summed E-state index contributed by atoms with van der Waals surface area (Å²) in [6, 6.07) is 6.55. The fourth-order valence-corrected chi connectivity index (χ4v) is 5.01. The van der Waals surface area contributed by atoms with Crippen LogP contribution in [0.3, 0.4) is 0 Å². The molecule has 0 bridgehead atoms. The van der Waals surface area contributed by atoms with Crippen molar-refractivity contribution < 1.29 is 19.8 Å². The van der Waals surface area contributed by atoms with Crippen molar-refractivity contribution in [1.82, 2.24) is 0 Å². The van der Waals surface area contributed by atoms with E-state index in [4.69, 9.17) is 4.74 Å². The highest BCUT2D eigenvalue weighted by Crippen LogP contribution is 2.53. The van der Waals surface area contributed by atoms with Crippen molar-refractivity contribution in [1.29, 1.82) is 0 Å². The van der Waals surface area contributed by atoms with E-state index in [1.165, 1.54) is 24.0 Å². The van der Waals surface area contributed by atoms with Crippen LogP contribution in [-0.4, -0.2) is 28.0 Å². The Balaban J connectivity index is 1.46. The van der Waals surface area contributed by atoms with E-state index in [9.17, 15) is 15.2 Å². The molecular weight excluding hydrogens is 394 g/mol. The second-order valence-electron chi connectivity index (χ2n) is 9.70. The third-order valence-corrected chi connectivity index (χ3v) is 7.03. The largest absolute Gasteiger partial charge is 0.485 e. The van der Waals surface area contributed by atoms with E-state index in [0.29, 0.717) is 6.42 Å². The molecular formula is C25H37NO5. The number of benzene rings is 1. The van der Waals surface area contributed by atoms with Crippen LogP contribution >= 0.6 is 0 Å². The molecule has 1 N–H and O–H groups in total. The van der Waals surface area contributed by atoms with Gasteiger partial charge in [-0.25, -0.2) is 0 Å². The van der Waals surface area contributed by atoms with Crippen molar-refractivity contribution in [2.24, 2.45) is 0 Å². The Hall–Kier alpha value is -2.08. The average Bonchev–Trinajstić information content (AvgIpc) is 2.70. The molecule has 1 aromatic carbocycles. The number of aryl methyl sites for hydroxylation is 1. The van der Waals surface area contributed by atoms with Gasteiger partial charge in [0.2, 0.25) is 0 Å². The quantitative estimate of drug-likeness (QED) is 0.204. The molecule has 0 aromatic heterocycles. The molecule has 1 aliphatic carbocycles. The predicted molar refractivity (Wildman–Crippen MR) is 121 cm³/mol. The Morgan fingerprint density at radius 2 is 1.84 bits per heavy atom. The monoisotopic (exact) mass is 431 g/mol. The van der Waals surface area contributed by atoms with Crippen LogP contribution in [0.15, 0.2) is 29.8 Å². The Bertz CT molecular complexity index is 803.